The van der Waals surface area contributed by atoms with Crippen molar-refractivity contribution in [1.82, 2.24) is 4.98 Å². The molecule has 0 aliphatic rings. The van der Waals surface area contributed by atoms with Crippen LogP contribution >= 0.6 is 27.3 Å². The fourth-order valence-electron chi connectivity index (χ4n) is 1.42. The largest absolute Gasteiger partial charge is 0.478 e. The summed E-state index contributed by atoms with van der Waals surface area (Å²) >= 11 is 4.42. The van der Waals surface area contributed by atoms with E-state index < -0.39 is 12.1 Å². The molecule has 0 aliphatic carbocycles. The number of hydrogen-bond acceptors (Lipinski definition) is 5. The number of carboxylic acids is 1. The van der Waals surface area contributed by atoms with Gasteiger partial charge in [-0.2, -0.15) is 0 Å². The lowest BCUT2D eigenvalue weighted by atomic mass is 10.2. The molecule has 0 fully saturated rings. The van der Waals surface area contributed by atoms with Gasteiger partial charge in [-0.05, 0) is 28.1 Å². The number of rotatable bonds is 4. The maximum Gasteiger partial charge on any atom is 0.413 e. The average molecular weight is 357 g/mol. The molecule has 0 spiro atoms. The summed E-state index contributed by atoms with van der Waals surface area (Å²) in [6.07, 6.45) is 0.812. The molecule has 6 nitrogen and oxygen atoms in total. The third-order valence-corrected chi connectivity index (χ3v) is 3.76. The lowest BCUT2D eigenvalue weighted by Gasteiger charge is -2.00. The fraction of sp³-hybridized carbons (Fsp3) is 0.0833. The van der Waals surface area contributed by atoms with Gasteiger partial charge in [0.25, 0.3) is 0 Å². The first-order chi connectivity index (χ1) is 9.51. The smallest absolute Gasteiger partial charge is 0.413 e. The number of benzene rings is 1. The van der Waals surface area contributed by atoms with Crippen LogP contribution < -0.4 is 5.32 Å². The Morgan fingerprint density at radius 2 is 2.30 bits per heavy atom. The second-order valence-corrected chi connectivity index (χ2v) is 5.53. The molecule has 20 heavy (non-hydrogen) atoms. The van der Waals surface area contributed by atoms with Gasteiger partial charge in [0, 0.05) is 4.47 Å². The zero-order valence-corrected chi connectivity index (χ0v) is 12.5. The van der Waals surface area contributed by atoms with Gasteiger partial charge in [-0.1, -0.05) is 24.0 Å². The Labute approximate surface area is 126 Å². The van der Waals surface area contributed by atoms with Crippen LogP contribution in [0.2, 0.25) is 0 Å². The first-order valence-electron chi connectivity index (χ1n) is 5.39. The zero-order valence-electron chi connectivity index (χ0n) is 10.1. The van der Waals surface area contributed by atoms with E-state index in [1.54, 1.807) is 0 Å². The Morgan fingerprint density at radius 1 is 1.55 bits per heavy atom. The summed E-state index contributed by atoms with van der Waals surface area (Å²) in [5.74, 6) is -1.03. The summed E-state index contributed by atoms with van der Waals surface area (Å²) in [5, 5.41) is 11.8. The Balaban J connectivity index is 2.29. The van der Waals surface area contributed by atoms with E-state index in [4.69, 9.17) is 9.84 Å². The van der Waals surface area contributed by atoms with Crippen molar-refractivity contribution >= 4 is 54.7 Å². The number of anilines is 1. The number of halogens is 1. The number of nitrogens with zero attached hydrogens (tertiary/aromatic N) is 1. The van der Waals surface area contributed by atoms with Crippen LogP contribution in [0.5, 0.6) is 0 Å². The Morgan fingerprint density at radius 3 is 2.95 bits per heavy atom. The molecule has 0 unspecified atom stereocenters. The second kappa shape index (κ2) is 6.02. The van der Waals surface area contributed by atoms with Gasteiger partial charge in [0.05, 0.1) is 15.8 Å². The van der Waals surface area contributed by atoms with E-state index in [1.165, 1.54) is 18.2 Å². The number of carbonyl (C=O) groups is 2. The molecule has 1 aromatic heterocycles. The molecule has 0 radical (unpaired) electrons. The van der Waals surface area contributed by atoms with E-state index in [0.29, 0.717) is 19.8 Å². The Bertz CT molecular complexity index is 698. The maximum atomic E-state index is 11.4. The molecule has 0 atom stereocenters. The third kappa shape index (κ3) is 3.14. The standard InChI is InChI=1S/C12H9BrN2O4S/c1-2-3-19-12(18)15-11-14-9-7(13)4-6(10(16)17)5-8(9)20-11/h2,4-5H,1,3H2,(H,16,17)(H,14,15,18). The third-order valence-electron chi connectivity index (χ3n) is 2.24. The van der Waals surface area contributed by atoms with E-state index in [9.17, 15) is 9.59 Å². The second-order valence-electron chi connectivity index (χ2n) is 3.64. The van der Waals surface area contributed by atoms with Crippen molar-refractivity contribution in [2.24, 2.45) is 0 Å². The molecule has 2 N–H and O–H groups in total. The SMILES string of the molecule is C=CCOC(=O)Nc1nc2c(Br)cc(C(=O)O)cc2s1. The highest BCUT2D eigenvalue weighted by atomic mass is 79.9. The van der Waals surface area contributed by atoms with Gasteiger partial charge in [0.2, 0.25) is 0 Å². The summed E-state index contributed by atoms with van der Waals surface area (Å²) in [4.78, 5) is 26.6. The highest BCUT2D eigenvalue weighted by Gasteiger charge is 2.13. The van der Waals surface area contributed by atoms with Crippen LogP contribution in [0.15, 0.2) is 29.3 Å². The molecule has 2 aromatic rings. The number of thiazole rings is 1. The van der Waals surface area contributed by atoms with E-state index in [2.05, 4.69) is 32.8 Å². The van der Waals surface area contributed by atoms with Gasteiger partial charge >= 0.3 is 12.1 Å². The van der Waals surface area contributed by atoms with Crippen LogP contribution in [-0.2, 0) is 4.74 Å². The lowest BCUT2D eigenvalue weighted by molar-refractivity contribution is 0.0697. The van der Waals surface area contributed by atoms with Gasteiger partial charge in [-0.25, -0.2) is 14.6 Å². The molecule has 0 saturated carbocycles. The van der Waals surface area contributed by atoms with Gasteiger partial charge in [0.15, 0.2) is 5.13 Å². The molecule has 2 rings (SSSR count). The molecule has 0 aliphatic heterocycles. The van der Waals surface area contributed by atoms with Crippen molar-refractivity contribution in [1.29, 1.82) is 0 Å². The number of fused-ring (bicyclic) bond motifs is 1. The van der Waals surface area contributed by atoms with E-state index >= 15 is 0 Å². The van der Waals surface area contributed by atoms with Crippen LogP contribution in [0.3, 0.4) is 0 Å². The monoisotopic (exact) mass is 356 g/mol. The van der Waals surface area contributed by atoms with Crippen molar-refractivity contribution in [2.75, 3.05) is 11.9 Å². The first-order valence-corrected chi connectivity index (χ1v) is 7.00. The number of aromatic carboxylic acids is 1. The van der Waals surface area contributed by atoms with Gasteiger partial charge in [-0.3, -0.25) is 5.32 Å². The van der Waals surface area contributed by atoms with Crippen LogP contribution in [0, 0.1) is 0 Å². The number of carboxylic acid groups (broad SMARTS) is 1. The summed E-state index contributed by atoms with van der Waals surface area (Å²) in [6, 6.07) is 2.96. The lowest BCUT2D eigenvalue weighted by Crippen LogP contribution is -2.13. The van der Waals surface area contributed by atoms with Crippen molar-refractivity contribution in [3.63, 3.8) is 0 Å². The predicted octanol–water partition coefficient (Wildman–Crippen LogP) is 3.49. The van der Waals surface area contributed by atoms with Crippen LogP contribution in [0.4, 0.5) is 9.93 Å². The van der Waals surface area contributed by atoms with Crippen molar-refractivity contribution < 1.29 is 19.4 Å². The van der Waals surface area contributed by atoms with E-state index in [1.807, 2.05) is 0 Å². The Kier molecular flexibility index (Phi) is 4.35. The van der Waals surface area contributed by atoms with Gasteiger partial charge < -0.3 is 9.84 Å². The number of carbonyl (C=O) groups excluding carboxylic acids is 1. The molecular formula is C12H9BrN2O4S. The fourth-order valence-corrected chi connectivity index (χ4v) is 3.02. The maximum absolute atomic E-state index is 11.4. The van der Waals surface area contributed by atoms with Crippen LogP contribution in [0.1, 0.15) is 10.4 Å². The highest BCUT2D eigenvalue weighted by molar-refractivity contribution is 9.10. The van der Waals surface area contributed by atoms with Crippen molar-refractivity contribution in [2.45, 2.75) is 0 Å². The molecule has 0 bridgehead atoms. The number of ether oxygens (including phenoxy) is 1. The van der Waals surface area contributed by atoms with Gasteiger partial charge in [0.1, 0.15) is 6.61 Å². The van der Waals surface area contributed by atoms with E-state index in [0.717, 1.165) is 11.3 Å². The Hall–Kier alpha value is -1.93. The summed E-state index contributed by atoms with van der Waals surface area (Å²) in [6.45, 7) is 3.53. The number of aromatic nitrogens is 1. The molecular weight excluding hydrogens is 348 g/mol. The molecule has 1 aromatic carbocycles. The molecule has 1 amide bonds. The average Bonchev–Trinajstić information content (AvgIpc) is 2.79. The van der Waals surface area contributed by atoms with Crippen molar-refractivity contribution in [3.8, 4) is 0 Å². The summed E-state index contributed by atoms with van der Waals surface area (Å²) < 4.78 is 5.98. The summed E-state index contributed by atoms with van der Waals surface area (Å²) in [7, 11) is 0. The van der Waals surface area contributed by atoms with Crippen LogP contribution in [-0.4, -0.2) is 28.8 Å². The highest BCUT2D eigenvalue weighted by Crippen LogP contribution is 2.32. The molecule has 104 valence electrons. The molecule has 1 heterocycles. The number of amides is 1. The zero-order chi connectivity index (χ0) is 14.7. The topological polar surface area (TPSA) is 88.5 Å². The number of hydrogen-bond donors (Lipinski definition) is 2. The molecule has 8 heteroatoms. The minimum absolute atomic E-state index is 0.101. The quantitative estimate of drug-likeness (QED) is 0.818. The van der Waals surface area contributed by atoms with Crippen molar-refractivity contribution in [3.05, 3.63) is 34.8 Å². The first kappa shape index (κ1) is 14.5. The van der Waals surface area contributed by atoms with Crippen LogP contribution in [0.25, 0.3) is 10.2 Å². The van der Waals surface area contributed by atoms with Gasteiger partial charge in [-0.15, -0.1) is 0 Å². The minimum atomic E-state index is -1.03. The minimum Gasteiger partial charge on any atom is -0.478 e. The number of nitrogens with one attached hydrogen (secondary N) is 1. The van der Waals surface area contributed by atoms with E-state index in [-0.39, 0.29) is 12.2 Å². The summed E-state index contributed by atoms with van der Waals surface area (Å²) in [5.41, 5.74) is 0.729. The molecule has 0 saturated heterocycles. The normalized spacial score (nSPS) is 10.2. The predicted molar refractivity (Wildman–Crippen MR) is 79.4 cm³/mol.